The van der Waals surface area contributed by atoms with Crippen molar-refractivity contribution in [2.24, 2.45) is 0 Å². The number of hydrogen-bond acceptors (Lipinski definition) is 3. The van der Waals surface area contributed by atoms with Crippen LogP contribution in [0.5, 0.6) is 0 Å². The van der Waals surface area contributed by atoms with E-state index < -0.39 is 0 Å². The third-order valence-electron chi connectivity index (χ3n) is 4.83. The lowest BCUT2D eigenvalue weighted by atomic mass is 10.00. The lowest BCUT2D eigenvalue weighted by Crippen LogP contribution is -2.31. The first-order chi connectivity index (χ1) is 13.2. The first-order valence-corrected chi connectivity index (χ1v) is 9.37. The van der Waals surface area contributed by atoms with E-state index >= 15 is 0 Å². The molecule has 4 nitrogen and oxygen atoms in total. The lowest BCUT2D eigenvalue weighted by Gasteiger charge is -2.29. The highest BCUT2D eigenvalue weighted by atomic mass is 35.5. The van der Waals surface area contributed by atoms with Crippen LogP contribution in [0.4, 0.5) is 5.82 Å². The molecule has 3 aromatic rings. The molecule has 0 fully saturated rings. The van der Waals surface area contributed by atoms with Crippen molar-refractivity contribution in [3.05, 3.63) is 94.1 Å². The van der Waals surface area contributed by atoms with Crippen molar-refractivity contribution in [1.82, 2.24) is 10.3 Å². The molecule has 1 amide bonds. The molecule has 5 heteroatoms. The number of nitrogens with one attached hydrogen (secondary N) is 1. The molecule has 0 saturated heterocycles. The molecule has 0 aliphatic carbocycles. The van der Waals surface area contributed by atoms with Crippen molar-refractivity contribution in [1.29, 1.82) is 0 Å². The molecule has 0 radical (unpaired) electrons. The van der Waals surface area contributed by atoms with Crippen molar-refractivity contribution in [2.75, 3.05) is 11.4 Å². The summed E-state index contributed by atoms with van der Waals surface area (Å²) >= 11 is 5.89. The van der Waals surface area contributed by atoms with Gasteiger partial charge in [0.05, 0.1) is 0 Å². The molecule has 1 aliphatic heterocycles. The second-order valence-corrected chi connectivity index (χ2v) is 7.09. The first-order valence-electron chi connectivity index (χ1n) is 8.99. The van der Waals surface area contributed by atoms with Crippen LogP contribution < -0.4 is 10.2 Å². The number of aromatic nitrogens is 1. The monoisotopic (exact) mass is 377 g/mol. The van der Waals surface area contributed by atoms with Gasteiger partial charge < -0.3 is 10.2 Å². The smallest absolute Gasteiger partial charge is 0.251 e. The van der Waals surface area contributed by atoms with Crippen LogP contribution in [0.25, 0.3) is 0 Å². The number of pyridine rings is 1. The average Bonchev–Trinajstić information content (AvgIpc) is 2.73. The molecule has 0 atom stereocenters. The molecule has 1 aromatic heterocycles. The van der Waals surface area contributed by atoms with Gasteiger partial charge in [0.15, 0.2) is 0 Å². The van der Waals surface area contributed by atoms with Gasteiger partial charge in [-0.05, 0) is 47.4 Å². The second-order valence-electron chi connectivity index (χ2n) is 6.65. The molecule has 0 saturated carbocycles. The Kier molecular flexibility index (Phi) is 5.07. The van der Waals surface area contributed by atoms with E-state index in [0.29, 0.717) is 17.1 Å². The quantitative estimate of drug-likeness (QED) is 0.740. The van der Waals surface area contributed by atoms with Gasteiger partial charge >= 0.3 is 0 Å². The highest BCUT2D eigenvalue weighted by Crippen LogP contribution is 2.23. The predicted molar refractivity (Wildman–Crippen MR) is 108 cm³/mol. The van der Waals surface area contributed by atoms with Crippen LogP contribution in [0.1, 0.15) is 27.0 Å². The Morgan fingerprint density at radius 2 is 1.85 bits per heavy atom. The van der Waals surface area contributed by atoms with E-state index in [4.69, 9.17) is 11.6 Å². The summed E-state index contributed by atoms with van der Waals surface area (Å²) in [7, 11) is 0. The van der Waals surface area contributed by atoms with E-state index in [9.17, 15) is 4.79 Å². The zero-order valence-corrected chi connectivity index (χ0v) is 15.6. The SMILES string of the molecule is O=C(NCc1ccc(Cl)cc1)c1ccnc(N2CCc3ccccc3C2)c1. The Morgan fingerprint density at radius 3 is 2.67 bits per heavy atom. The molecule has 27 heavy (non-hydrogen) atoms. The molecular formula is C22H20ClN3O. The number of rotatable bonds is 4. The summed E-state index contributed by atoms with van der Waals surface area (Å²) in [4.78, 5) is 19.2. The fourth-order valence-electron chi connectivity index (χ4n) is 3.31. The molecule has 4 rings (SSSR count). The number of nitrogens with zero attached hydrogens (tertiary/aromatic N) is 2. The number of anilines is 1. The van der Waals surface area contributed by atoms with Gasteiger partial charge in [-0.3, -0.25) is 4.79 Å². The summed E-state index contributed by atoms with van der Waals surface area (Å²) in [5, 5.41) is 3.64. The number of benzene rings is 2. The van der Waals surface area contributed by atoms with Crippen LogP contribution in [-0.2, 0) is 19.5 Å². The zero-order chi connectivity index (χ0) is 18.6. The van der Waals surface area contributed by atoms with E-state index in [-0.39, 0.29) is 5.91 Å². The minimum absolute atomic E-state index is 0.106. The first kappa shape index (κ1) is 17.6. The second kappa shape index (κ2) is 7.80. The normalized spacial score (nSPS) is 13.1. The van der Waals surface area contributed by atoms with Crippen LogP contribution in [0.15, 0.2) is 66.9 Å². The van der Waals surface area contributed by atoms with Gasteiger partial charge in [0, 0.05) is 36.4 Å². The number of amides is 1. The minimum Gasteiger partial charge on any atom is -0.352 e. The molecule has 2 heterocycles. The van der Waals surface area contributed by atoms with E-state index in [2.05, 4.69) is 39.5 Å². The molecule has 0 spiro atoms. The maximum atomic E-state index is 12.5. The van der Waals surface area contributed by atoms with Crippen molar-refractivity contribution in [3.63, 3.8) is 0 Å². The minimum atomic E-state index is -0.106. The third kappa shape index (κ3) is 4.12. The summed E-state index contributed by atoms with van der Waals surface area (Å²) in [6, 6.07) is 19.6. The summed E-state index contributed by atoms with van der Waals surface area (Å²) < 4.78 is 0. The Balaban J connectivity index is 1.44. The fraction of sp³-hybridized carbons (Fsp3) is 0.182. The fourth-order valence-corrected chi connectivity index (χ4v) is 3.44. The molecule has 136 valence electrons. The topological polar surface area (TPSA) is 45.2 Å². The summed E-state index contributed by atoms with van der Waals surface area (Å²) in [6.07, 6.45) is 2.69. The van der Waals surface area contributed by atoms with Crippen LogP contribution in [0, 0.1) is 0 Å². The van der Waals surface area contributed by atoms with E-state index in [1.807, 2.05) is 30.3 Å². The molecule has 2 aromatic carbocycles. The van der Waals surface area contributed by atoms with Crippen LogP contribution >= 0.6 is 11.6 Å². The highest BCUT2D eigenvalue weighted by molar-refractivity contribution is 6.30. The maximum Gasteiger partial charge on any atom is 0.251 e. The Bertz CT molecular complexity index is 956. The zero-order valence-electron chi connectivity index (χ0n) is 14.9. The van der Waals surface area contributed by atoms with Gasteiger partial charge in [0.2, 0.25) is 0 Å². The van der Waals surface area contributed by atoms with Crippen LogP contribution in [0.3, 0.4) is 0 Å². The van der Waals surface area contributed by atoms with Gasteiger partial charge in [0.25, 0.3) is 5.91 Å². The van der Waals surface area contributed by atoms with E-state index in [0.717, 1.165) is 30.9 Å². The van der Waals surface area contributed by atoms with E-state index in [1.165, 1.54) is 11.1 Å². The molecular weight excluding hydrogens is 358 g/mol. The number of carbonyl (C=O) groups is 1. The Morgan fingerprint density at radius 1 is 1.07 bits per heavy atom. The van der Waals surface area contributed by atoms with Gasteiger partial charge in [-0.25, -0.2) is 4.98 Å². The maximum absolute atomic E-state index is 12.5. The van der Waals surface area contributed by atoms with Crippen molar-refractivity contribution in [3.8, 4) is 0 Å². The molecule has 1 N–H and O–H groups in total. The van der Waals surface area contributed by atoms with Crippen molar-refractivity contribution in [2.45, 2.75) is 19.5 Å². The number of carbonyl (C=O) groups excluding carboxylic acids is 1. The van der Waals surface area contributed by atoms with Gasteiger partial charge in [0.1, 0.15) is 5.82 Å². The van der Waals surface area contributed by atoms with Crippen molar-refractivity contribution < 1.29 is 4.79 Å². The Hall–Kier alpha value is -2.85. The van der Waals surface area contributed by atoms with Crippen LogP contribution in [-0.4, -0.2) is 17.4 Å². The molecule has 0 bridgehead atoms. The number of halogens is 1. The summed E-state index contributed by atoms with van der Waals surface area (Å²) in [5.74, 6) is 0.731. The lowest BCUT2D eigenvalue weighted by molar-refractivity contribution is 0.0951. The number of fused-ring (bicyclic) bond motifs is 1. The van der Waals surface area contributed by atoms with Gasteiger partial charge in [-0.1, -0.05) is 48.0 Å². The summed E-state index contributed by atoms with van der Waals surface area (Å²) in [6.45, 7) is 2.18. The van der Waals surface area contributed by atoms with E-state index in [1.54, 1.807) is 12.3 Å². The molecule has 1 aliphatic rings. The van der Waals surface area contributed by atoms with Crippen LogP contribution in [0.2, 0.25) is 5.02 Å². The third-order valence-corrected chi connectivity index (χ3v) is 5.08. The standard InChI is InChI=1S/C22H20ClN3O/c23-20-7-5-16(6-8-20)14-25-22(27)18-9-11-24-21(13-18)26-12-10-17-3-1-2-4-19(17)15-26/h1-9,11,13H,10,12,14-15H2,(H,25,27). The largest absolute Gasteiger partial charge is 0.352 e. The highest BCUT2D eigenvalue weighted by Gasteiger charge is 2.18. The number of hydrogen-bond donors (Lipinski definition) is 1. The van der Waals surface area contributed by atoms with Gasteiger partial charge in [-0.2, -0.15) is 0 Å². The molecule has 0 unspecified atom stereocenters. The van der Waals surface area contributed by atoms with Crippen molar-refractivity contribution >= 4 is 23.3 Å². The average molecular weight is 378 g/mol. The summed E-state index contributed by atoms with van der Waals surface area (Å²) in [5.41, 5.74) is 4.34. The van der Waals surface area contributed by atoms with Gasteiger partial charge in [-0.15, -0.1) is 0 Å². The Labute approximate surface area is 163 Å². The predicted octanol–water partition coefficient (Wildman–Crippen LogP) is 4.23.